The lowest BCUT2D eigenvalue weighted by atomic mass is 10.2. The second-order valence-electron chi connectivity index (χ2n) is 4.85. The van der Waals surface area contributed by atoms with Gasteiger partial charge in [0.15, 0.2) is 18.1 Å². The number of nitrogens with zero attached hydrogens (tertiary/aromatic N) is 1. The van der Waals surface area contributed by atoms with Crippen molar-refractivity contribution >= 4 is 11.9 Å². The summed E-state index contributed by atoms with van der Waals surface area (Å²) >= 11 is 0. The number of likely N-dealkylation sites (N-methyl/N-ethyl adjacent to an activating group) is 1. The average molecular weight is 307 g/mol. The predicted octanol–water partition coefficient (Wildman–Crippen LogP) is 1.87. The molecule has 1 aliphatic rings. The van der Waals surface area contributed by atoms with E-state index in [9.17, 15) is 9.59 Å². The van der Waals surface area contributed by atoms with Gasteiger partial charge in [0.2, 0.25) is 0 Å². The minimum absolute atomic E-state index is 0.201. The van der Waals surface area contributed by atoms with Crippen LogP contribution in [0.25, 0.3) is 0 Å². The quantitative estimate of drug-likeness (QED) is 0.777. The molecule has 1 aromatic carbocycles. The van der Waals surface area contributed by atoms with Gasteiger partial charge in [0, 0.05) is 19.5 Å². The van der Waals surface area contributed by atoms with Gasteiger partial charge in [0.05, 0.1) is 18.8 Å². The normalized spacial score (nSPS) is 13.2. The summed E-state index contributed by atoms with van der Waals surface area (Å²) in [7, 11) is 0. The predicted molar refractivity (Wildman–Crippen MR) is 80.3 cm³/mol. The Morgan fingerprint density at radius 2 is 1.82 bits per heavy atom. The number of rotatable bonds is 5. The number of esters is 1. The summed E-state index contributed by atoms with van der Waals surface area (Å²) in [6.07, 6.45) is 0.798. The van der Waals surface area contributed by atoms with Gasteiger partial charge in [-0.05, 0) is 32.0 Å². The van der Waals surface area contributed by atoms with E-state index in [1.807, 2.05) is 13.8 Å². The summed E-state index contributed by atoms with van der Waals surface area (Å²) in [4.78, 5) is 25.5. The molecule has 0 aromatic heterocycles. The first-order chi connectivity index (χ1) is 10.7. The van der Waals surface area contributed by atoms with Gasteiger partial charge < -0.3 is 19.1 Å². The Balaban J connectivity index is 1.98. The fourth-order valence-corrected chi connectivity index (χ4v) is 2.17. The first kappa shape index (κ1) is 16.1. The number of fused-ring (bicyclic) bond motifs is 1. The van der Waals surface area contributed by atoms with E-state index < -0.39 is 5.97 Å². The molecule has 0 atom stereocenters. The molecule has 0 radical (unpaired) electrons. The van der Waals surface area contributed by atoms with Crippen LogP contribution in [0.5, 0.6) is 11.5 Å². The van der Waals surface area contributed by atoms with Crippen molar-refractivity contribution in [3.63, 3.8) is 0 Å². The SMILES string of the molecule is CCN(CC)C(=O)COC(=O)c1ccc2c(c1)OCCCO2. The van der Waals surface area contributed by atoms with Gasteiger partial charge in [0.25, 0.3) is 5.91 Å². The highest BCUT2D eigenvalue weighted by Gasteiger charge is 2.17. The van der Waals surface area contributed by atoms with Crippen molar-refractivity contribution in [2.75, 3.05) is 32.9 Å². The molecule has 120 valence electrons. The van der Waals surface area contributed by atoms with Crippen LogP contribution in [0, 0.1) is 0 Å². The van der Waals surface area contributed by atoms with Gasteiger partial charge in [-0.15, -0.1) is 0 Å². The molecular formula is C16H21NO5. The smallest absolute Gasteiger partial charge is 0.338 e. The summed E-state index contributed by atoms with van der Waals surface area (Å²) in [5, 5.41) is 0. The molecule has 0 saturated heterocycles. The fourth-order valence-electron chi connectivity index (χ4n) is 2.17. The van der Waals surface area contributed by atoms with Crippen LogP contribution < -0.4 is 9.47 Å². The number of ether oxygens (including phenoxy) is 3. The lowest BCUT2D eigenvalue weighted by Crippen LogP contribution is -2.34. The maximum absolute atomic E-state index is 12.0. The Labute approximate surface area is 129 Å². The van der Waals surface area contributed by atoms with E-state index in [-0.39, 0.29) is 12.5 Å². The lowest BCUT2D eigenvalue weighted by Gasteiger charge is -2.18. The van der Waals surface area contributed by atoms with Crippen molar-refractivity contribution in [2.24, 2.45) is 0 Å². The van der Waals surface area contributed by atoms with Gasteiger partial charge in [-0.25, -0.2) is 4.79 Å². The third kappa shape index (κ3) is 3.90. The molecule has 1 aliphatic heterocycles. The Morgan fingerprint density at radius 1 is 1.14 bits per heavy atom. The molecular weight excluding hydrogens is 286 g/mol. The Kier molecular flexibility index (Phi) is 5.63. The average Bonchev–Trinajstić information content (AvgIpc) is 2.78. The second kappa shape index (κ2) is 7.68. The Bertz CT molecular complexity index is 539. The Morgan fingerprint density at radius 3 is 2.50 bits per heavy atom. The first-order valence-electron chi connectivity index (χ1n) is 7.50. The number of hydrogen-bond acceptors (Lipinski definition) is 5. The van der Waals surface area contributed by atoms with Gasteiger partial charge in [0.1, 0.15) is 0 Å². The molecule has 0 unspecified atom stereocenters. The number of benzene rings is 1. The van der Waals surface area contributed by atoms with Crippen LogP contribution in [0.1, 0.15) is 30.6 Å². The van der Waals surface area contributed by atoms with Crippen molar-refractivity contribution in [3.05, 3.63) is 23.8 Å². The van der Waals surface area contributed by atoms with Crippen molar-refractivity contribution < 1.29 is 23.8 Å². The van der Waals surface area contributed by atoms with Crippen molar-refractivity contribution in [1.29, 1.82) is 0 Å². The van der Waals surface area contributed by atoms with E-state index >= 15 is 0 Å². The summed E-state index contributed by atoms with van der Waals surface area (Å²) in [5.74, 6) is 0.402. The molecule has 22 heavy (non-hydrogen) atoms. The zero-order valence-corrected chi connectivity index (χ0v) is 13.0. The third-order valence-corrected chi connectivity index (χ3v) is 3.43. The number of hydrogen-bond donors (Lipinski definition) is 0. The summed E-state index contributed by atoms with van der Waals surface area (Å²) in [6.45, 7) is 5.84. The van der Waals surface area contributed by atoms with Crippen LogP contribution in [0.2, 0.25) is 0 Å². The molecule has 0 spiro atoms. The van der Waals surface area contributed by atoms with Crippen LogP contribution in [0.3, 0.4) is 0 Å². The molecule has 0 N–H and O–H groups in total. The van der Waals surface area contributed by atoms with Gasteiger partial charge >= 0.3 is 5.97 Å². The topological polar surface area (TPSA) is 65.1 Å². The molecule has 0 aliphatic carbocycles. The fraction of sp³-hybridized carbons (Fsp3) is 0.500. The van der Waals surface area contributed by atoms with Crippen LogP contribution in [0.15, 0.2) is 18.2 Å². The molecule has 1 heterocycles. The molecule has 6 nitrogen and oxygen atoms in total. The van der Waals surface area contributed by atoms with Crippen LogP contribution in [-0.4, -0.2) is 49.7 Å². The first-order valence-corrected chi connectivity index (χ1v) is 7.50. The summed E-state index contributed by atoms with van der Waals surface area (Å²) in [6, 6.07) is 4.88. The van der Waals surface area contributed by atoms with Crippen LogP contribution in [0.4, 0.5) is 0 Å². The van der Waals surface area contributed by atoms with E-state index in [0.717, 1.165) is 6.42 Å². The minimum Gasteiger partial charge on any atom is -0.490 e. The second-order valence-corrected chi connectivity index (χ2v) is 4.85. The summed E-state index contributed by atoms with van der Waals surface area (Å²) < 4.78 is 16.1. The van der Waals surface area contributed by atoms with E-state index in [4.69, 9.17) is 14.2 Å². The lowest BCUT2D eigenvalue weighted by molar-refractivity contribution is -0.134. The molecule has 2 rings (SSSR count). The maximum Gasteiger partial charge on any atom is 0.338 e. The number of carbonyl (C=O) groups excluding carboxylic acids is 2. The highest BCUT2D eigenvalue weighted by Crippen LogP contribution is 2.30. The van der Waals surface area contributed by atoms with Crippen molar-refractivity contribution in [2.45, 2.75) is 20.3 Å². The molecule has 0 fully saturated rings. The van der Waals surface area contributed by atoms with Crippen LogP contribution in [-0.2, 0) is 9.53 Å². The highest BCUT2D eigenvalue weighted by atomic mass is 16.5. The molecule has 1 aromatic rings. The van der Waals surface area contributed by atoms with E-state index in [2.05, 4.69) is 0 Å². The third-order valence-electron chi connectivity index (χ3n) is 3.43. The van der Waals surface area contributed by atoms with E-state index in [1.54, 1.807) is 23.1 Å². The minimum atomic E-state index is -0.545. The van der Waals surface area contributed by atoms with Gasteiger partial charge in [-0.3, -0.25) is 4.79 Å². The van der Waals surface area contributed by atoms with E-state index in [0.29, 0.717) is 43.4 Å². The van der Waals surface area contributed by atoms with Crippen molar-refractivity contribution in [3.8, 4) is 11.5 Å². The highest BCUT2D eigenvalue weighted by molar-refractivity contribution is 5.92. The Hall–Kier alpha value is -2.24. The van der Waals surface area contributed by atoms with E-state index in [1.165, 1.54) is 0 Å². The number of carbonyl (C=O) groups is 2. The number of amides is 1. The van der Waals surface area contributed by atoms with Gasteiger partial charge in [-0.2, -0.15) is 0 Å². The molecule has 0 saturated carbocycles. The standard InChI is InChI=1S/C16H21NO5/c1-3-17(4-2)15(18)11-22-16(19)12-6-7-13-14(10-12)21-9-5-8-20-13/h6-7,10H,3-5,8-9,11H2,1-2H3. The maximum atomic E-state index is 12.0. The van der Waals surface area contributed by atoms with Gasteiger partial charge in [-0.1, -0.05) is 0 Å². The van der Waals surface area contributed by atoms with Crippen LogP contribution >= 0.6 is 0 Å². The van der Waals surface area contributed by atoms with Crippen molar-refractivity contribution in [1.82, 2.24) is 4.90 Å². The zero-order chi connectivity index (χ0) is 15.9. The zero-order valence-electron chi connectivity index (χ0n) is 13.0. The summed E-state index contributed by atoms with van der Waals surface area (Å²) in [5.41, 5.74) is 0.344. The molecule has 6 heteroatoms. The monoisotopic (exact) mass is 307 g/mol. The molecule has 1 amide bonds. The molecule has 0 bridgehead atoms. The largest absolute Gasteiger partial charge is 0.490 e.